The molecule has 5 nitrogen and oxygen atoms in total. The van der Waals surface area contributed by atoms with Crippen LogP contribution in [0.25, 0.3) is 0 Å². The topological polar surface area (TPSA) is 75.3 Å². The van der Waals surface area contributed by atoms with Crippen LogP contribution in [0.15, 0.2) is 42.5 Å². The van der Waals surface area contributed by atoms with Gasteiger partial charge in [0.1, 0.15) is 0 Å². The van der Waals surface area contributed by atoms with E-state index in [1.54, 1.807) is 6.07 Å². The second kappa shape index (κ2) is 8.18. The van der Waals surface area contributed by atoms with E-state index in [9.17, 15) is 26.4 Å². The molecule has 27 heavy (non-hydrogen) atoms. The molecule has 0 heterocycles. The van der Waals surface area contributed by atoms with Crippen molar-refractivity contribution in [2.75, 3.05) is 11.0 Å². The van der Waals surface area contributed by atoms with Gasteiger partial charge in [0.05, 0.1) is 12.7 Å². The Hall–Kier alpha value is -2.26. The van der Waals surface area contributed by atoms with Crippen LogP contribution < -0.4 is 10.0 Å². The standard InChI is InChI=1S/C17H16ClF3N2O3S/c1-27(25,26)23-14-7-6-13(15(18)8-14)10-22-16(24)12-4-2-11(3-5-12)9-17(19,20)21/h2-8,23H,9-10H2,1H3,(H,22,24). The molecule has 0 aliphatic carbocycles. The third-order valence-electron chi connectivity index (χ3n) is 3.42. The maximum absolute atomic E-state index is 12.3. The highest BCUT2D eigenvalue weighted by molar-refractivity contribution is 7.92. The number of hydrogen-bond donors (Lipinski definition) is 2. The van der Waals surface area contributed by atoms with Gasteiger partial charge >= 0.3 is 6.18 Å². The number of alkyl halides is 3. The van der Waals surface area contributed by atoms with Crippen molar-refractivity contribution in [3.63, 3.8) is 0 Å². The second-order valence-corrected chi connectivity index (χ2v) is 8.01. The van der Waals surface area contributed by atoms with E-state index in [2.05, 4.69) is 10.0 Å². The number of sulfonamides is 1. The molecule has 1 amide bonds. The van der Waals surface area contributed by atoms with Crippen molar-refractivity contribution < 1.29 is 26.4 Å². The number of amides is 1. The van der Waals surface area contributed by atoms with Crippen molar-refractivity contribution in [3.05, 3.63) is 64.2 Å². The smallest absolute Gasteiger partial charge is 0.348 e. The molecule has 0 aliphatic heterocycles. The Morgan fingerprint density at radius 1 is 1.11 bits per heavy atom. The Morgan fingerprint density at radius 2 is 1.74 bits per heavy atom. The molecule has 0 atom stereocenters. The van der Waals surface area contributed by atoms with Gasteiger partial charge in [-0.1, -0.05) is 29.8 Å². The zero-order chi connectivity index (χ0) is 20.2. The van der Waals surface area contributed by atoms with Gasteiger partial charge in [-0.2, -0.15) is 13.2 Å². The molecule has 0 unspecified atom stereocenters. The Labute approximate surface area is 159 Å². The van der Waals surface area contributed by atoms with E-state index < -0.39 is 28.5 Å². The lowest BCUT2D eigenvalue weighted by molar-refractivity contribution is -0.127. The highest BCUT2D eigenvalue weighted by atomic mass is 35.5. The molecule has 0 saturated heterocycles. The van der Waals surface area contributed by atoms with Crippen molar-refractivity contribution in [1.82, 2.24) is 5.32 Å². The summed E-state index contributed by atoms with van der Waals surface area (Å²) in [7, 11) is -3.43. The number of nitrogens with one attached hydrogen (secondary N) is 2. The first kappa shape index (κ1) is 21.0. The Morgan fingerprint density at radius 3 is 2.26 bits per heavy atom. The van der Waals surface area contributed by atoms with Gasteiger partial charge in [0, 0.05) is 22.8 Å². The summed E-state index contributed by atoms with van der Waals surface area (Å²) in [6.45, 7) is 0.0706. The largest absolute Gasteiger partial charge is 0.393 e. The van der Waals surface area contributed by atoms with Gasteiger partial charge in [-0.05, 0) is 35.4 Å². The average molecular weight is 421 g/mol. The van der Waals surface area contributed by atoms with Gasteiger partial charge in [0.2, 0.25) is 10.0 Å². The number of carbonyl (C=O) groups excluding carboxylic acids is 1. The summed E-state index contributed by atoms with van der Waals surface area (Å²) in [6.07, 6.45) is -4.36. The minimum atomic E-state index is -4.31. The number of rotatable bonds is 6. The van der Waals surface area contributed by atoms with E-state index in [1.807, 2.05) is 0 Å². The molecule has 2 aromatic rings. The molecule has 0 radical (unpaired) electrons. The molecule has 0 bridgehead atoms. The molecule has 2 rings (SSSR count). The van der Waals surface area contributed by atoms with E-state index in [0.717, 1.165) is 6.26 Å². The Bertz CT molecular complexity index is 929. The number of benzene rings is 2. The highest BCUT2D eigenvalue weighted by Crippen LogP contribution is 2.23. The summed E-state index contributed by atoms with van der Waals surface area (Å²) in [6, 6.07) is 9.61. The quantitative estimate of drug-likeness (QED) is 0.747. The molecule has 0 aliphatic rings. The zero-order valence-electron chi connectivity index (χ0n) is 14.1. The van der Waals surface area contributed by atoms with Crippen molar-refractivity contribution in [2.45, 2.75) is 19.1 Å². The summed E-state index contributed by atoms with van der Waals surface area (Å²) < 4.78 is 61.7. The summed E-state index contributed by atoms with van der Waals surface area (Å²) >= 11 is 6.08. The number of hydrogen-bond acceptors (Lipinski definition) is 3. The van der Waals surface area contributed by atoms with Crippen molar-refractivity contribution in [2.24, 2.45) is 0 Å². The predicted molar refractivity (Wildman–Crippen MR) is 97.3 cm³/mol. The third-order valence-corrected chi connectivity index (χ3v) is 4.37. The molecular weight excluding hydrogens is 405 g/mol. The maximum atomic E-state index is 12.3. The molecule has 0 spiro atoms. The molecular formula is C17H16ClF3N2O3S. The fourth-order valence-electron chi connectivity index (χ4n) is 2.25. The molecule has 2 N–H and O–H groups in total. The van der Waals surface area contributed by atoms with Crippen molar-refractivity contribution in [1.29, 1.82) is 0 Å². The molecule has 146 valence electrons. The van der Waals surface area contributed by atoms with Gasteiger partial charge in [0.15, 0.2) is 0 Å². The Kier molecular flexibility index (Phi) is 6.38. The first-order valence-corrected chi connectivity index (χ1v) is 9.90. The van der Waals surface area contributed by atoms with Gasteiger partial charge in [-0.3, -0.25) is 9.52 Å². The lowest BCUT2D eigenvalue weighted by atomic mass is 10.1. The lowest BCUT2D eigenvalue weighted by Gasteiger charge is -2.10. The van der Waals surface area contributed by atoms with Crippen LogP contribution in [0, 0.1) is 0 Å². The first-order valence-electron chi connectivity index (χ1n) is 7.63. The van der Waals surface area contributed by atoms with Crippen molar-refractivity contribution in [3.8, 4) is 0 Å². The minimum Gasteiger partial charge on any atom is -0.348 e. The fraction of sp³-hybridized carbons (Fsp3) is 0.235. The fourth-order valence-corrected chi connectivity index (χ4v) is 3.05. The van der Waals surface area contributed by atoms with Gasteiger partial charge in [0.25, 0.3) is 5.91 Å². The van der Waals surface area contributed by atoms with E-state index in [0.29, 0.717) is 5.56 Å². The van der Waals surface area contributed by atoms with Crippen LogP contribution in [0.2, 0.25) is 5.02 Å². The monoisotopic (exact) mass is 420 g/mol. The predicted octanol–water partition coefficient (Wildman–Crippen LogP) is 3.75. The molecule has 2 aromatic carbocycles. The number of carbonyl (C=O) groups is 1. The maximum Gasteiger partial charge on any atom is 0.393 e. The summed E-state index contributed by atoms with van der Waals surface area (Å²) in [5.74, 6) is -0.469. The van der Waals surface area contributed by atoms with Crippen molar-refractivity contribution >= 4 is 33.2 Å². The van der Waals surface area contributed by atoms with Crippen LogP contribution in [-0.4, -0.2) is 26.8 Å². The zero-order valence-corrected chi connectivity index (χ0v) is 15.7. The van der Waals surface area contributed by atoms with Gasteiger partial charge < -0.3 is 5.32 Å². The molecule has 10 heteroatoms. The minimum absolute atomic E-state index is 0.0658. The Balaban J connectivity index is 1.99. The van der Waals surface area contributed by atoms with Crippen LogP contribution in [0.1, 0.15) is 21.5 Å². The van der Waals surface area contributed by atoms with Crippen LogP contribution in [-0.2, 0) is 23.0 Å². The summed E-state index contributed by atoms with van der Waals surface area (Å²) in [5, 5.41) is 2.86. The SMILES string of the molecule is CS(=O)(=O)Nc1ccc(CNC(=O)c2ccc(CC(F)(F)F)cc2)c(Cl)c1. The van der Waals surface area contributed by atoms with E-state index in [-0.39, 0.29) is 28.4 Å². The normalized spacial score (nSPS) is 11.9. The van der Waals surface area contributed by atoms with Gasteiger partial charge in [-0.25, -0.2) is 8.42 Å². The average Bonchev–Trinajstić information content (AvgIpc) is 2.51. The second-order valence-electron chi connectivity index (χ2n) is 5.85. The van der Waals surface area contributed by atoms with Crippen LogP contribution >= 0.6 is 11.6 Å². The van der Waals surface area contributed by atoms with E-state index in [4.69, 9.17) is 11.6 Å². The highest BCUT2D eigenvalue weighted by Gasteiger charge is 2.27. The van der Waals surface area contributed by atoms with Crippen LogP contribution in [0.5, 0.6) is 0 Å². The molecule has 0 aromatic heterocycles. The van der Waals surface area contributed by atoms with Crippen LogP contribution in [0.4, 0.5) is 18.9 Å². The van der Waals surface area contributed by atoms with E-state index >= 15 is 0 Å². The molecule has 0 fully saturated rings. The molecule has 0 saturated carbocycles. The van der Waals surface area contributed by atoms with Gasteiger partial charge in [-0.15, -0.1) is 0 Å². The summed E-state index contributed by atoms with van der Waals surface area (Å²) in [4.78, 5) is 12.1. The summed E-state index contributed by atoms with van der Waals surface area (Å²) in [5.41, 5.74) is 1.12. The lowest BCUT2D eigenvalue weighted by Crippen LogP contribution is -2.23. The number of anilines is 1. The first-order chi connectivity index (χ1) is 12.4. The van der Waals surface area contributed by atoms with E-state index in [1.165, 1.54) is 36.4 Å². The third kappa shape index (κ3) is 7.10. The number of halogens is 4. The van der Waals surface area contributed by atoms with Crippen LogP contribution in [0.3, 0.4) is 0 Å².